The summed E-state index contributed by atoms with van der Waals surface area (Å²) in [6, 6.07) is 9.60. The van der Waals surface area contributed by atoms with Crippen LogP contribution in [0.15, 0.2) is 42.7 Å². The maximum absolute atomic E-state index is 13.5. The molecule has 42 heavy (non-hydrogen) atoms. The summed E-state index contributed by atoms with van der Waals surface area (Å²) in [5.74, 6) is 0.168. The van der Waals surface area contributed by atoms with Gasteiger partial charge >= 0.3 is 0 Å². The van der Waals surface area contributed by atoms with Crippen molar-refractivity contribution in [3.05, 3.63) is 64.7 Å². The van der Waals surface area contributed by atoms with Crippen LogP contribution in [0.4, 0.5) is 5.69 Å². The van der Waals surface area contributed by atoms with Gasteiger partial charge in [0.2, 0.25) is 5.82 Å². The number of fused-ring (bicyclic) bond motifs is 1. The fourth-order valence-corrected chi connectivity index (χ4v) is 5.69. The highest BCUT2D eigenvalue weighted by Gasteiger charge is 2.27. The Balaban J connectivity index is 1.15. The number of likely N-dealkylation sites (N-methyl/N-ethyl adjacent to an activating group) is 1. The van der Waals surface area contributed by atoms with E-state index in [2.05, 4.69) is 44.7 Å². The van der Waals surface area contributed by atoms with E-state index in [4.69, 9.17) is 21.4 Å². The molecule has 0 bridgehead atoms. The number of hydrogen-bond donors (Lipinski definition) is 1. The van der Waals surface area contributed by atoms with Gasteiger partial charge in [-0.3, -0.25) is 9.48 Å². The van der Waals surface area contributed by atoms with Crippen LogP contribution >= 0.6 is 11.6 Å². The molecule has 1 N–H and O–H groups in total. The summed E-state index contributed by atoms with van der Waals surface area (Å²) < 4.78 is 9.69. The van der Waals surface area contributed by atoms with E-state index in [0.29, 0.717) is 40.2 Å². The van der Waals surface area contributed by atoms with E-state index < -0.39 is 0 Å². The largest absolute Gasteiger partial charge is 0.374 e. The molecule has 0 spiro atoms. The summed E-state index contributed by atoms with van der Waals surface area (Å²) in [5, 5.41) is 25.4. The molecule has 1 aliphatic carbocycles. The first-order valence-electron chi connectivity index (χ1n) is 14.1. The van der Waals surface area contributed by atoms with Crippen molar-refractivity contribution < 1.29 is 9.53 Å². The number of rotatable bonds is 7. The van der Waals surface area contributed by atoms with Crippen LogP contribution in [0, 0.1) is 13.8 Å². The standard InChI is InChI=1S/C29H31ClN10O2/c1-17-27(18(2)39(34-17)16-22-15-37(3)10-11-42-22)19-8-9-38-26(13-19)23(14-31-38)29(41)32-25-12-20(4-7-24(25)30)28-33-36-40(35-28)21-5-6-21/h4,7-9,12-14,21-22H,5-6,10-11,15-16H2,1-3H3,(H,32,41)/t22-/m1/s1. The zero-order valence-electron chi connectivity index (χ0n) is 23.7. The highest BCUT2D eigenvalue weighted by Crippen LogP contribution is 2.34. The third-order valence-electron chi connectivity index (χ3n) is 7.93. The number of carbonyl (C=O) groups excluding carboxylic acids is 1. The Hall–Kier alpha value is -4.13. The third kappa shape index (κ3) is 5.06. The predicted octanol–water partition coefficient (Wildman–Crippen LogP) is 4.04. The molecule has 7 rings (SSSR count). The first-order valence-corrected chi connectivity index (χ1v) is 14.4. The average molecular weight is 587 g/mol. The number of carbonyl (C=O) groups is 1. The second-order valence-electron chi connectivity index (χ2n) is 11.1. The van der Waals surface area contributed by atoms with Crippen molar-refractivity contribution in [3.8, 4) is 22.5 Å². The zero-order valence-corrected chi connectivity index (χ0v) is 24.4. The number of ether oxygens (including phenoxy) is 1. The predicted molar refractivity (Wildman–Crippen MR) is 158 cm³/mol. The van der Waals surface area contributed by atoms with Gasteiger partial charge in [0.25, 0.3) is 5.91 Å². The molecule has 5 heterocycles. The molecule has 216 valence electrons. The lowest BCUT2D eigenvalue weighted by Crippen LogP contribution is -2.42. The number of benzene rings is 1. The number of anilines is 1. The molecule has 1 amide bonds. The molecule has 4 aromatic heterocycles. The van der Waals surface area contributed by atoms with Crippen molar-refractivity contribution in [2.45, 2.75) is 45.4 Å². The van der Waals surface area contributed by atoms with Gasteiger partial charge in [-0.25, -0.2) is 4.52 Å². The van der Waals surface area contributed by atoms with Gasteiger partial charge in [-0.2, -0.15) is 15.0 Å². The molecular formula is C29H31ClN10O2. The molecule has 0 radical (unpaired) electrons. The van der Waals surface area contributed by atoms with E-state index in [1.807, 2.05) is 36.0 Å². The minimum Gasteiger partial charge on any atom is -0.374 e. The number of nitrogens with zero attached hydrogens (tertiary/aromatic N) is 9. The van der Waals surface area contributed by atoms with Crippen LogP contribution in [-0.4, -0.2) is 83.3 Å². The second-order valence-corrected chi connectivity index (χ2v) is 11.5. The lowest BCUT2D eigenvalue weighted by atomic mass is 10.0. The van der Waals surface area contributed by atoms with E-state index in [9.17, 15) is 4.79 Å². The van der Waals surface area contributed by atoms with Gasteiger partial charge < -0.3 is 15.0 Å². The summed E-state index contributed by atoms with van der Waals surface area (Å²) in [6.07, 6.45) is 5.64. The van der Waals surface area contributed by atoms with Crippen molar-refractivity contribution in [2.75, 3.05) is 32.1 Å². The van der Waals surface area contributed by atoms with E-state index >= 15 is 0 Å². The summed E-state index contributed by atoms with van der Waals surface area (Å²) in [4.78, 5) is 17.4. The van der Waals surface area contributed by atoms with Gasteiger partial charge in [0.05, 0.1) is 59.0 Å². The number of tetrazole rings is 1. The average Bonchev–Trinajstić information content (AvgIpc) is 3.42. The number of nitrogens with one attached hydrogen (secondary N) is 1. The van der Waals surface area contributed by atoms with E-state index in [1.165, 1.54) is 0 Å². The molecule has 12 nitrogen and oxygen atoms in total. The number of hydrogen-bond acceptors (Lipinski definition) is 8. The van der Waals surface area contributed by atoms with Crippen LogP contribution < -0.4 is 5.32 Å². The summed E-state index contributed by atoms with van der Waals surface area (Å²) in [7, 11) is 2.11. The second kappa shape index (κ2) is 10.6. The number of halogens is 1. The molecule has 5 aromatic rings. The SMILES string of the molecule is Cc1nn(C[C@H]2CN(C)CCO2)c(C)c1-c1ccn2ncc(C(=O)Nc3cc(-c4nnn(C5CC5)n4)ccc3Cl)c2c1. The molecule has 1 aliphatic heterocycles. The topological polar surface area (TPSA) is 120 Å². The molecule has 1 atom stereocenters. The fraction of sp³-hybridized carbons (Fsp3) is 0.379. The zero-order chi connectivity index (χ0) is 29.0. The maximum Gasteiger partial charge on any atom is 0.259 e. The van der Waals surface area contributed by atoms with Crippen LogP contribution in [0.25, 0.3) is 28.0 Å². The highest BCUT2D eigenvalue weighted by atomic mass is 35.5. The maximum atomic E-state index is 13.5. The first kappa shape index (κ1) is 26.7. The van der Waals surface area contributed by atoms with Crippen molar-refractivity contribution in [3.63, 3.8) is 0 Å². The van der Waals surface area contributed by atoms with Crippen molar-refractivity contribution in [1.29, 1.82) is 0 Å². The highest BCUT2D eigenvalue weighted by molar-refractivity contribution is 6.34. The lowest BCUT2D eigenvalue weighted by molar-refractivity contribution is -0.0293. The minimum atomic E-state index is -0.321. The monoisotopic (exact) mass is 586 g/mol. The Kier molecular flexibility index (Phi) is 6.76. The molecule has 2 fully saturated rings. The minimum absolute atomic E-state index is 0.0912. The number of morpholine rings is 1. The smallest absolute Gasteiger partial charge is 0.259 e. The summed E-state index contributed by atoms with van der Waals surface area (Å²) in [5.41, 5.74) is 6.25. The van der Waals surface area contributed by atoms with Crippen LogP contribution in [0.3, 0.4) is 0 Å². The lowest BCUT2D eigenvalue weighted by Gasteiger charge is -2.30. The quantitative estimate of drug-likeness (QED) is 0.303. The van der Waals surface area contributed by atoms with E-state index in [0.717, 1.165) is 60.6 Å². The fourth-order valence-electron chi connectivity index (χ4n) is 5.52. The van der Waals surface area contributed by atoms with Crippen LogP contribution in [-0.2, 0) is 11.3 Å². The number of aromatic nitrogens is 8. The van der Waals surface area contributed by atoms with Gasteiger partial charge in [0.1, 0.15) is 0 Å². The van der Waals surface area contributed by atoms with E-state index in [-0.39, 0.29) is 12.0 Å². The van der Waals surface area contributed by atoms with Gasteiger partial charge in [0, 0.05) is 36.1 Å². The Morgan fingerprint density at radius 3 is 2.81 bits per heavy atom. The van der Waals surface area contributed by atoms with Crippen molar-refractivity contribution in [1.82, 2.24) is 44.5 Å². The van der Waals surface area contributed by atoms with Crippen LogP contribution in [0.1, 0.15) is 40.6 Å². The summed E-state index contributed by atoms with van der Waals surface area (Å²) in [6.45, 7) is 7.31. The van der Waals surface area contributed by atoms with Gasteiger partial charge in [0.15, 0.2) is 0 Å². The van der Waals surface area contributed by atoms with Gasteiger partial charge in [-0.15, -0.1) is 10.2 Å². The Morgan fingerprint density at radius 1 is 1.14 bits per heavy atom. The van der Waals surface area contributed by atoms with Crippen molar-refractivity contribution in [2.24, 2.45) is 0 Å². The van der Waals surface area contributed by atoms with Crippen LogP contribution in [0.2, 0.25) is 5.02 Å². The van der Waals surface area contributed by atoms with Crippen LogP contribution in [0.5, 0.6) is 0 Å². The van der Waals surface area contributed by atoms with E-state index in [1.54, 1.807) is 27.6 Å². The van der Waals surface area contributed by atoms with Gasteiger partial charge in [-0.1, -0.05) is 11.6 Å². The molecule has 1 aromatic carbocycles. The third-order valence-corrected chi connectivity index (χ3v) is 8.26. The first-order chi connectivity index (χ1) is 20.3. The molecule has 1 saturated carbocycles. The molecule has 13 heteroatoms. The number of aryl methyl sites for hydroxylation is 1. The molecule has 2 aliphatic rings. The molecular weight excluding hydrogens is 556 g/mol. The Bertz CT molecular complexity index is 1800. The number of amides is 1. The van der Waals surface area contributed by atoms with Gasteiger partial charge in [-0.05, 0) is 74.8 Å². The summed E-state index contributed by atoms with van der Waals surface area (Å²) >= 11 is 6.48. The normalized spacial score (nSPS) is 17.7. The molecule has 1 saturated heterocycles. The number of pyridine rings is 1. The van der Waals surface area contributed by atoms with Crippen molar-refractivity contribution >= 4 is 28.7 Å². The Labute approximate surface area is 247 Å². The molecule has 0 unspecified atom stereocenters. The Morgan fingerprint density at radius 2 is 2.00 bits per heavy atom.